The third-order valence-corrected chi connectivity index (χ3v) is 7.18. The molecule has 1 aliphatic rings. The third kappa shape index (κ3) is 8.04. The zero-order chi connectivity index (χ0) is 30.9. The number of aromatic amines is 1. The van der Waals surface area contributed by atoms with Crippen molar-refractivity contribution in [2.75, 3.05) is 13.2 Å². The largest absolute Gasteiger partial charge is 0.483 e. The predicted molar refractivity (Wildman–Crippen MR) is 155 cm³/mol. The van der Waals surface area contributed by atoms with Gasteiger partial charge in [-0.2, -0.15) is 0 Å². The summed E-state index contributed by atoms with van der Waals surface area (Å²) in [6.07, 6.45) is 1.99. The predicted octanol–water partition coefficient (Wildman–Crippen LogP) is 3.93. The number of hydrogen-bond donors (Lipinski definition) is 3. The van der Waals surface area contributed by atoms with Gasteiger partial charge in [-0.05, 0) is 44.7 Å². The lowest BCUT2D eigenvalue weighted by Gasteiger charge is -2.29. The van der Waals surface area contributed by atoms with E-state index in [1.807, 2.05) is 13.0 Å². The van der Waals surface area contributed by atoms with E-state index in [2.05, 4.69) is 15.5 Å². The molecule has 0 saturated carbocycles. The molecule has 0 spiro atoms. The Morgan fingerprint density at radius 1 is 1.19 bits per heavy atom. The lowest BCUT2D eigenvalue weighted by Crippen LogP contribution is -2.42. The van der Waals surface area contributed by atoms with Gasteiger partial charge in [0.05, 0.1) is 18.4 Å². The second-order valence-electron chi connectivity index (χ2n) is 10.3. The van der Waals surface area contributed by atoms with Crippen molar-refractivity contribution in [1.29, 1.82) is 0 Å². The van der Waals surface area contributed by atoms with Crippen LogP contribution in [0.15, 0.2) is 64.7 Å². The standard InChI is InChI=1S/C31H34F2N4O6/c1-19-7-6-10-26(38)20(2)36-43-14-13-37(19)31(41)27-29(42-18-21-8-4-3-5-9-21)28(39)24(17-34-27)30(40)35-16-22-11-12-23(32)15-25(22)33/h3-5,8-9,11-12,15,17,19,26,38H,6-7,10,13-14,16,18H2,1-2H3,(H,34,39)(H,35,40)/b36-20-. The first kappa shape index (κ1) is 31.4. The fourth-order valence-electron chi connectivity index (χ4n) is 4.63. The molecule has 1 aromatic heterocycles. The first-order valence-corrected chi connectivity index (χ1v) is 14.0. The Hall–Kier alpha value is -4.58. The Morgan fingerprint density at radius 2 is 1.95 bits per heavy atom. The SMILES string of the molecule is C/C1=N/OCCN(C(=O)c2[nH]cc(C(=O)NCc3ccc(F)cc3F)c(=O)c2OCc2ccccc2)C(C)CCCC1O. The first-order valence-electron chi connectivity index (χ1n) is 14.0. The highest BCUT2D eigenvalue weighted by atomic mass is 19.1. The minimum absolute atomic E-state index is 0.0291. The van der Waals surface area contributed by atoms with Gasteiger partial charge in [0.1, 0.15) is 30.4 Å². The summed E-state index contributed by atoms with van der Waals surface area (Å²) in [7, 11) is 0. The summed E-state index contributed by atoms with van der Waals surface area (Å²) >= 11 is 0. The van der Waals surface area contributed by atoms with Gasteiger partial charge >= 0.3 is 0 Å². The van der Waals surface area contributed by atoms with E-state index in [4.69, 9.17) is 9.57 Å². The number of benzene rings is 2. The van der Waals surface area contributed by atoms with Crippen molar-refractivity contribution in [2.24, 2.45) is 5.16 Å². The van der Waals surface area contributed by atoms with E-state index in [0.29, 0.717) is 31.0 Å². The molecular weight excluding hydrogens is 562 g/mol. The van der Waals surface area contributed by atoms with Gasteiger partial charge in [0.2, 0.25) is 5.43 Å². The first-order chi connectivity index (χ1) is 20.7. The number of rotatable bonds is 7. The van der Waals surface area contributed by atoms with E-state index in [1.54, 1.807) is 31.2 Å². The normalized spacial score (nSPS) is 18.9. The van der Waals surface area contributed by atoms with Gasteiger partial charge in [-0.1, -0.05) is 41.6 Å². The summed E-state index contributed by atoms with van der Waals surface area (Å²) in [5, 5.41) is 16.6. The van der Waals surface area contributed by atoms with Crippen molar-refractivity contribution in [3.05, 3.63) is 99.0 Å². The number of halogens is 2. The lowest BCUT2D eigenvalue weighted by atomic mass is 10.0. The zero-order valence-electron chi connectivity index (χ0n) is 23.9. The van der Waals surface area contributed by atoms with Crippen molar-refractivity contribution < 1.29 is 33.1 Å². The summed E-state index contributed by atoms with van der Waals surface area (Å²) in [5.74, 6) is -3.32. The fraction of sp³-hybridized carbons (Fsp3) is 0.355. The molecule has 228 valence electrons. The van der Waals surface area contributed by atoms with Crippen LogP contribution in [0.5, 0.6) is 5.75 Å². The molecule has 2 heterocycles. The molecule has 3 aromatic rings. The maximum atomic E-state index is 14.1. The molecular formula is C31H34F2N4O6. The maximum Gasteiger partial charge on any atom is 0.274 e. The van der Waals surface area contributed by atoms with Crippen LogP contribution in [0.3, 0.4) is 0 Å². The van der Waals surface area contributed by atoms with E-state index >= 15 is 0 Å². The highest BCUT2D eigenvalue weighted by molar-refractivity contribution is 5.98. The van der Waals surface area contributed by atoms with Gasteiger partial charge in [-0.25, -0.2) is 8.78 Å². The van der Waals surface area contributed by atoms with Crippen molar-refractivity contribution in [3.8, 4) is 5.75 Å². The van der Waals surface area contributed by atoms with Crippen LogP contribution >= 0.6 is 0 Å². The monoisotopic (exact) mass is 596 g/mol. The van der Waals surface area contributed by atoms with Crippen LogP contribution in [-0.2, 0) is 18.0 Å². The van der Waals surface area contributed by atoms with Gasteiger partial charge in [0.15, 0.2) is 11.4 Å². The number of oxime groups is 1. The van der Waals surface area contributed by atoms with Gasteiger partial charge in [0.25, 0.3) is 11.8 Å². The number of nitrogens with one attached hydrogen (secondary N) is 2. The number of hydrogen-bond acceptors (Lipinski definition) is 7. The van der Waals surface area contributed by atoms with E-state index in [1.165, 1.54) is 11.0 Å². The lowest BCUT2D eigenvalue weighted by molar-refractivity contribution is 0.0550. The minimum Gasteiger partial charge on any atom is -0.483 e. The second kappa shape index (κ2) is 14.5. The smallest absolute Gasteiger partial charge is 0.274 e. The highest BCUT2D eigenvalue weighted by Crippen LogP contribution is 2.21. The molecule has 43 heavy (non-hydrogen) atoms. The number of carbonyl (C=O) groups is 2. The molecule has 0 aliphatic carbocycles. The number of H-pyrrole nitrogens is 1. The molecule has 0 radical (unpaired) electrons. The number of pyridine rings is 1. The molecule has 2 atom stereocenters. The van der Waals surface area contributed by atoms with Crippen LogP contribution in [-0.4, -0.2) is 57.8 Å². The molecule has 1 aliphatic heterocycles. The quantitative estimate of drug-likeness (QED) is 0.379. The van der Waals surface area contributed by atoms with Crippen LogP contribution in [0.4, 0.5) is 8.78 Å². The fourth-order valence-corrected chi connectivity index (χ4v) is 4.63. The number of aliphatic hydroxyl groups is 1. The van der Waals surface area contributed by atoms with E-state index < -0.39 is 35.0 Å². The molecule has 4 rings (SSSR count). The van der Waals surface area contributed by atoms with E-state index in [9.17, 15) is 28.3 Å². The van der Waals surface area contributed by atoms with Crippen LogP contribution in [0.25, 0.3) is 0 Å². The molecule has 2 unspecified atom stereocenters. The molecule has 3 N–H and O–H groups in total. The highest BCUT2D eigenvalue weighted by Gasteiger charge is 2.29. The van der Waals surface area contributed by atoms with Gasteiger partial charge in [-0.3, -0.25) is 14.4 Å². The summed E-state index contributed by atoms with van der Waals surface area (Å²) in [6.45, 7) is 3.36. The number of carbonyl (C=O) groups excluding carboxylic acids is 2. The van der Waals surface area contributed by atoms with Crippen LogP contribution < -0.4 is 15.5 Å². The topological polar surface area (TPSA) is 133 Å². The van der Waals surface area contributed by atoms with Crippen molar-refractivity contribution >= 4 is 17.5 Å². The Morgan fingerprint density at radius 3 is 2.70 bits per heavy atom. The summed E-state index contributed by atoms with van der Waals surface area (Å²) in [6, 6.07) is 11.6. The Bertz CT molecular complexity index is 1530. The number of aliphatic hydroxyl groups excluding tert-OH is 1. The number of aromatic nitrogens is 1. The molecule has 2 aromatic carbocycles. The van der Waals surface area contributed by atoms with Gasteiger partial charge in [-0.15, -0.1) is 0 Å². The molecule has 0 bridgehead atoms. The Kier molecular flexibility index (Phi) is 10.6. The number of nitrogens with zero attached hydrogens (tertiary/aromatic N) is 2. The van der Waals surface area contributed by atoms with Crippen molar-refractivity contribution in [1.82, 2.24) is 15.2 Å². The Balaban J connectivity index is 1.63. The zero-order valence-corrected chi connectivity index (χ0v) is 23.9. The summed E-state index contributed by atoms with van der Waals surface area (Å²) in [4.78, 5) is 50.1. The number of amides is 2. The van der Waals surface area contributed by atoms with Gasteiger partial charge < -0.3 is 29.9 Å². The van der Waals surface area contributed by atoms with Crippen LogP contribution in [0.1, 0.15) is 65.1 Å². The van der Waals surface area contributed by atoms with Crippen molar-refractivity contribution in [3.63, 3.8) is 0 Å². The van der Waals surface area contributed by atoms with E-state index in [0.717, 1.165) is 17.8 Å². The van der Waals surface area contributed by atoms with Gasteiger partial charge in [0, 0.05) is 30.4 Å². The molecule has 2 amide bonds. The maximum absolute atomic E-state index is 14.1. The van der Waals surface area contributed by atoms with E-state index in [-0.39, 0.29) is 54.9 Å². The summed E-state index contributed by atoms with van der Waals surface area (Å²) < 4.78 is 33.2. The molecule has 0 saturated heterocycles. The number of ether oxygens (including phenoxy) is 1. The second-order valence-corrected chi connectivity index (χ2v) is 10.3. The van der Waals surface area contributed by atoms with Crippen molar-refractivity contribution in [2.45, 2.75) is 58.4 Å². The summed E-state index contributed by atoms with van der Waals surface area (Å²) in [5.41, 5.74) is -0.130. The minimum atomic E-state index is -0.842. The molecule has 0 fully saturated rings. The third-order valence-electron chi connectivity index (χ3n) is 7.18. The Labute approximate surface area is 247 Å². The average Bonchev–Trinajstić information content (AvgIpc) is 3.01. The average molecular weight is 597 g/mol. The molecule has 10 nitrogen and oxygen atoms in total. The van der Waals surface area contributed by atoms with Crippen LogP contribution in [0.2, 0.25) is 0 Å². The van der Waals surface area contributed by atoms with Crippen LogP contribution in [0, 0.1) is 11.6 Å². The molecule has 12 heteroatoms.